The van der Waals surface area contributed by atoms with Gasteiger partial charge in [-0.15, -0.1) is 0 Å². The molecule has 0 spiro atoms. The molecule has 5 nitrogen and oxygen atoms in total. The van der Waals surface area contributed by atoms with Crippen LogP contribution in [0.2, 0.25) is 0 Å². The summed E-state index contributed by atoms with van der Waals surface area (Å²) in [6, 6.07) is 7.32. The van der Waals surface area contributed by atoms with Crippen LogP contribution in [-0.4, -0.2) is 42.0 Å². The lowest BCUT2D eigenvalue weighted by Gasteiger charge is -2.15. The zero-order valence-corrected chi connectivity index (χ0v) is 11.6. The number of aliphatic carboxylic acids is 1. The molecule has 0 fully saturated rings. The van der Waals surface area contributed by atoms with Gasteiger partial charge in [-0.2, -0.15) is 0 Å². The fourth-order valence-corrected chi connectivity index (χ4v) is 1.75. The van der Waals surface area contributed by atoms with Crippen molar-refractivity contribution in [3.63, 3.8) is 0 Å². The molecule has 0 bridgehead atoms. The minimum Gasteiger partial charge on any atom is -0.481 e. The zero-order chi connectivity index (χ0) is 13.5. The van der Waals surface area contributed by atoms with Crippen LogP contribution in [-0.2, 0) is 9.59 Å². The number of carbonyl (C=O) groups is 2. The lowest BCUT2D eigenvalue weighted by molar-refractivity contribution is -0.137. The van der Waals surface area contributed by atoms with Crippen LogP contribution in [0.15, 0.2) is 28.7 Å². The van der Waals surface area contributed by atoms with E-state index in [0.29, 0.717) is 12.2 Å². The number of anilines is 1. The molecule has 0 unspecified atom stereocenters. The Morgan fingerprint density at radius 3 is 2.67 bits per heavy atom. The molecule has 0 saturated heterocycles. The van der Waals surface area contributed by atoms with Gasteiger partial charge in [0.2, 0.25) is 5.91 Å². The first-order valence-corrected chi connectivity index (χ1v) is 6.23. The summed E-state index contributed by atoms with van der Waals surface area (Å²) in [5, 5.41) is 11.3. The third kappa shape index (κ3) is 5.29. The van der Waals surface area contributed by atoms with Crippen molar-refractivity contribution in [1.82, 2.24) is 4.90 Å². The van der Waals surface area contributed by atoms with Gasteiger partial charge in [0.25, 0.3) is 0 Å². The Bertz CT molecular complexity index is 437. The van der Waals surface area contributed by atoms with E-state index in [2.05, 4.69) is 21.2 Å². The van der Waals surface area contributed by atoms with Crippen LogP contribution >= 0.6 is 15.9 Å². The maximum atomic E-state index is 11.7. The Balaban J connectivity index is 2.42. The zero-order valence-electron chi connectivity index (χ0n) is 10.0. The number of carbonyl (C=O) groups excluding carboxylic acids is 1. The molecule has 0 aliphatic carbocycles. The van der Waals surface area contributed by atoms with Crippen LogP contribution in [0.4, 0.5) is 5.69 Å². The van der Waals surface area contributed by atoms with E-state index in [1.54, 1.807) is 18.0 Å². The number of likely N-dealkylation sites (N-methyl/N-ethyl adjacent to an activating group) is 1. The summed E-state index contributed by atoms with van der Waals surface area (Å²) in [6.45, 7) is 0.507. The highest BCUT2D eigenvalue weighted by Gasteiger charge is 2.09. The van der Waals surface area contributed by atoms with Crippen LogP contribution in [0.5, 0.6) is 0 Å². The summed E-state index contributed by atoms with van der Waals surface area (Å²) in [4.78, 5) is 23.8. The minimum atomic E-state index is -0.868. The van der Waals surface area contributed by atoms with Gasteiger partial charge < -0.3 is 10.4 Å². The molecule has 1 amide bonds. The molecule has 6 heteroatoms. The number of nitrogens with one attached hydrogen (secondary N) is 1. The predicted octanol–water partition coefficient (Wildman–Crippen LogP) is 1.79. The maximum Gasteiger partial charge on any atom is 0.304 e. The number of halogens is 1. The molecule has 0 atom stereocenters. The predicted molar refractivity (Wildman–Crippen MR) is 72.5 cm³/mol. The molecule has 0 aliphatic heterocycles. The molecule has 98 valence electrons. The van der Waals surface area contributed by atoms with Crippen molar-refractivity contribution in [2.24, 2.45) is 0 Å². The second kappa shape index (κ2) is 7.13. The first-order chi connectivity index (χ1) is 8.49. The topological polar surface area (TPSA) is 69.6 Å². The fourth-order valence-electron chi connectivity index (χ4n) is 1.36. The molecular weight excluding hydrogens is 300 g/mol. The molecule has 18 heavy (non-hydrogen) atoms. The average molecular weight is 315 g/mol. The molecule has 2 N–H and O–H groups in total. The van der Waals surface area contributed by atoms with Crippen molar-refractivity contribution < 1.29 is 14.7 Å². The number of amides is 1. The molecule has 0 heterocycles. The van der Waals surface area contributed by atoms with E-state index in [4.69, 9.17) is 5.11 Å². The van der Waals surface area contributed by atoms with Crippen LogP contribution in [0.1, 0.15) is 6.42 Å². The van der Waals surface area contributed by atoms with Gasteiger partial charge in [-0.05, 0) is 35.1 Å². The highest BCUT2D eigenvalue weighted by atomic mass is 79.9. The van der Waals surface area contributed by atoms with E-state index in [9.17, 15) is 9.59 Å². The smallest absolute Gasteiger partial charge is 0.304 e. The second-order valence-corrected chi connectivity index (χ2v) is 4.76. The standard InChI is InChI=1S/C12H15BrN2O3/c1-15(7-6-12(17)18)8-11(16)14-10-5-3-2-4-9(10)13/h2-5H,6-8H2,1H3,(H,14,16)(H,17,18). The maximum absolute atomic E-state index is 11.7. The van der Waals surface area contributed by atoms with Crippen LogP contribution in [0, 0.1) is 0 Å². The molecule has 0 radical (unpaired) electrons. The van der Waals surface area contributed by atoms with Gasteiger partial charge >= 0.3 is 5.97 Å². The molecule has 1 rings (SSSR count). The van der Waals surface area contributed by atoms with Crippen LogP contribution in [0.25, 0.3) is 0 Å². The number of rotatable bonds is 6. The van der Waals surface area contributed by atoms with Crippen molar-refractivity contribution in [3.05, 3.63) is 28.7 Å². The lowest BCUT2D eigenvalue weighted by atomic mass is 10.3. The van der Waals surface area contributed by atoms with Gasteiger partial charge in [-0.1, -0.05) is 12.1 Å². The van der Waals surface area contributed by atoms with E-state index in [-0.39, 0.29) is 18.9 Å². The molecule has 1 aromatic carbocycles. The van der Waals surface area contributed by atoms with Crippen molar-refractivity contribution >= 4 is 33.5 Å². The van der Waals surface area contributed by atoms with Gasteiger partial charge in [-0.3, -0.25) is 14.5 Å². The summed E-state index contributed by atoms with van der Waals surface area (Å²) in [6.07, 6.45) is 0.0266. The molecule has 0 aliphatic rings. The largest absolute Gasteiger partial charge is 0.481 e. The second-order valence-electron chi connectivity index (χ2n) is 3.91. The van der Waals surface area contributed by atoms with E-state index in [0.717, 1.165) is 4.47 Å². The summed E-state index contributed by atoms with van der Waals surface area (Å²) in [5.74, 6) is -1.04. The van der Waals surface area contributed by atoms with Crippen LogP contribution in [0.3, 0.4) is 0 Å². The Labute approximate surface area is 114 Å². The normalized spacial score (nSPS) is 10.4. The Morgan fingerprint density at radius 1 is 1.39 bits per heavy atom. The number of carboxylic acid groups (broad SMARTS) is 1. The third-order valence-corrected chi connectivity index (χ3v) is 2.96. The highest BCUT2D eigenvalue weighted by molar-refractivity contribution is 9.10. The molecule has 0 aromatic heterocycles. The summed E-state index contributed by atoms with van der Waals surface area (Å²) in [5.41, 5.74) is 0.703. The molecule has 1 aromatic rings. The van der Waals surface area contributed by atoms with Gasteiger partial charge in [0.05, 0.1) is 18.7 Å². The number of para-hydroxylation sites is 1. The molecule has 0 saturated carbocycles. The third-order valence-electron chi connectivity index (χ3n) is 2.27. The van der Waals surface area contributed by atoms with Gasteiger partial charge in [0.15, 0.2) is 0 Å². The first kappa shape index (κ1) is 14.7. The summed E-state index contributed by atoms with van der Waals surface area (Å²) < 4.78 is 0.812. The van der Waals surface area contributed by atoms with Crippen LogP contribution < -0.4 is 5.32 Å². The Hall–Kier alpha value is -1.40. The number of carboxylic acids is 1. The summed E-state index contributed by atoms with van der Waals surface area (Å²) in [7, 11) is 1.71. The van der Waals surface area contributed by atoms with Crippen molar-refractivity contribution in [2.75, 3.05) is 25.5 Å². The van der Waals surface area contributed by atoms with E-state index in [1.165, 1.54) is 0 Å². The fraction of sp³-hybridized carbons (Fsp3) is 0.333. The first-order valence-electron chi connectivity index (χ1n) is 5.43. The van der Waals surface area contributed by atoms with Gasteiger partial charge in [0.1, 0.15) is 0 Å². The van der Waals surface area contributed by atoms with Crippen molar-refractivity contribution in [3.8, 4) is 0 Å². The van der Waals surface area contributed by atoms with Crippen molar-refractivity contribution in [2.45, 2.75) is 6.42 Å². The monoisotopic (exact) mass is 314 g/mol. The van der Waals surface area contributed by atoms with E-state index in [1.807, 2.05) is 18.2 Å². The van der Waals surface area contributed by atoms with Gasteiger partial charge in [-0.25, -0.2) is 0 Å². The van der Waals surface area contributed by atoms with Crippen molar-refractivity contribution in [1.29, 1.82) is 0 Å². The number of benzene rings is 1. The van der Waals surface area contributed by atoms with E-state index >= 15 is 0 Å². The molecular formula is C12H15BrN2O3. The number of nitrogens with zero attached hydrogens (tertiary/aromatic N) is 1. The van der Waals surface area contributed by atoms with E-state index < -0.39 is 5.97 Å². The quantitative estimate of drug-likeness (QED) is 0.840. The number of hydrogen-bond donors (Lipinski definition) is 2. The highest BCUT2D eigenvalue weighted by Crippen LogP contribution is 2.20. The average Bonchev–Trinajstić information content (AvgIpc) is 2.29. The van der Waals surface area contributed by atoms with Gasteiger partial charge in [0, 0.05) is 11.0 Å². The minimum absolute atomic E-state index is 0.0266. The summed E-state index contributed by atoms with van der Waals surface area (Å²) >= 11 is 3.33. The Kier molecular flexibility index (Phi) is 5.80. The Morgan fingerprint density at radius 2 is 2.06 bits per heavy atom. The lowest BCUT2D eigenvalue weighted by Crippen LogP contribution is -2.31. The number of hydrogen-bond acceptors (Lipinski definition) is 3. The SMILES string of the molecule is CN(CCC(=O)O)CC(=O)Nc1ccccc1Br.